The Bertz CT molecular complexity index is 454. The molecule has 0 atom stereocenters. The molecule has 0 aliphatic carbocycles. The maximum atomic E-state index is 10.8. The lowest BCUT2D eigenvalue weighted by atomic mass is 9.99. The molecule has 0 spiro atoms. The van der Waals surface area contributed by atoms with Gasteiger partial charge in [-0.15, -0.1) is 0 Å². The molecule has 0 unspecified atom stereocenters. The van der Waals surface area contributed by atoms with Crippen molar-refractivity contribution in [1.82, 2.24) is 0 Å². The highest BCUT2D eigenvalue weighted by atomic mass is 32.2. The SMILES string of the molecule is CCCc1cc(CCC)cc(CCS(=O)(=O)O)c1. The molecule has 4 heteroatoms. The molecule has 0 aliphatic rings. The Balaban J connectivity index is 2.88. The second-order valence-electron chi connectivity index (χ2n) is 4.69. The van der Waals surface area contributed by atoms with Gasteiger partial charge in [0.15, 0.2) is 0 Å². The minimum absolute atomic E-state index is 0.200. The smallest absolute Gasteiger partial charge is 0.265 e. The van der Waals surface area contributed by atoms with Gasteiger partial charge in [0.1, 0.15) is 0 Å². The molecule has 102 valence electrons. The van der Waals surface area contributed by atoms with E-state index in [1.165, 1.54) is 11.1 Å². The average Bonchev–Trinajstić information content (AvgIpc) is 2.26. The third-order valence-corrected chi connectivity index (χ3v) is 3.56. The first kappa shape index (κ1) is 15.2. The fourth-order valence-corrected chi connectivity index (χ4v) is 2.59. The predicted octanol–water partition coefficient (Wildman–Crippen LogP) is 3.02. The highest BCUT2D eigenvalue weighted by Crippen LogP contribution is 2.15. The standard InChI is InChI=1S/C14H22O3S/c1-3-5-12-9-13(6-4-2)11-14(10-12)7-8-18(15,16)17/h9-11H,3-8H2,1-2H3,(H,15,16,17). The molecule has 0 radical (unpaired) electrons. The molecular formula is C14H22O3S. The van der Waals surface area contributed by atoms with Gasteiger partial charge in [0.05, 0.1) is 5.75 Å². The molecule has 1 N–H and O–H groups in total. The average molecular weight is 270 g/mol. The van der Waals surface area contributed by atoms with Crippen molar-refractivity contribution < 1.29 is 13.0 Å². The summed E-state index contributed by atoms with van der Waals surface area (Å²) in [5.74, 6) is -0.200. The van der Waals surface area contributed by atoms with Crippen LogP contribution < -0.4 is 0 Å². The highest BCUT2D eigenvalue weighted by molar-refractivity contribution is 7.85. The summed E-state index contributed by atoms with van der Waals surface area (Å²) in [7, 11) is -3.87. The summed E-state index contributed by atoms with van der Waals surface area (Å²) in [6.07, 6.45) is 4.56. The second-order valence-corrected chi connectivity index (χ2v) is 6.27. The molecule has 18 heavy (non-hydrogen) atoms. The van der Waals surface area contributed by atoms with E-state index < -0.39 is 10.1 Å². The van der Waals surface area contributed by atoms with Crippen LogP contribution in [0.1, 0.15) is 43.4 Å². The normalized spacial score (nSPS) is 11.7. The summed E-state index contributed by atoms with van der Waals surface area (Å²) in [5.41, 5.74) is 3.52. The van der Waals surface area contributed by atoms with Crippen molar-refractivity contribution in [3.05, 3.63) is 34.9 Å². The van der Waals surface area contributed by atoms with E-state index >= 15 is 0 Å². The first-order valence-electron chi connectivity index (χ1n) is 6.51. The van der Waals surface area contributed by atoms with Gasteiger partial charge in [-0.2, -0.15) is 8.42 Å². The third-order valence-electron chi connectivity index (χ3n) is 2.84. The Morgan fingerprint density at radius 3 is 1.61 bits per heavy atom. The molecule has 0 bridgehead atoms. The molecular weight excluding hydrogens is 248 g/mol. The predicted molar refractivity (Wildman–Crippen MR) is 74.6 cm³/mol. The van der Waals surface area contributed by atoms with Crippen LogP contribution in [0.2, 0.25) is 0 Å². The van der Waals surface area contributed by atoms with Crippen molar-refractivity contribution in [1.29, 1.82) is 0 Å². The van der Waals surface area contributed by atoms with Crippen LogP contribution in [-0.4, -0.2) is 18.7 Å². The van der Waals surface area contributed by atoms with Crippen LogP contribution in [-0.2, 0) is 29.4 Å². The maximum Gasteiger partial charge on any atom is 0.265 e. The zero-order valence-electron chi connectivity index (χ0n) is 11.1. The lowest BCUT2D eigenvalue weighted by Crippen LogP contribution is -2.07. The summed E-state index contributed by atoms with van der Waals surface area (Å²) in [4.78, 5) is 0. The van der Waals surface area contributed by atoms with Crippen molar-refractivity contribution in [2.45, 2.75) is 46.0 Å². The van der Waals surface area contributed by atoms with Crippen LogP contribution in [0.25, 0.3) is 0 Å². The molecule has 1 aromatic rings. The maximum absolute atomic E-state index is 10.8. The molecule has 3 nitrogen and oxygen atoms in total. The lowest BCUT2D eigenvalue weighted by molar-refractivity contribution is 0.482. The number of rotatable bonds is 7. The largest absolute Gasteiger partial charge is 0.286 e. The van der Waals surface area contributed by atoms with Crippen molar-refractivity contribution in [3.8, 4) is 0 Å². The molecule has 0 amide bonds. The lowest BCUT2D eigenvalue weighted by Gasteiger charge is -2.08. The van der Waals surface area contributed by atoms with Crippen LogP contribution in [0.3, 0.4) is 0 Å². The molecule has 1 aromatic carbocycles. The zero-order chi connectivity index (χ0) is 13.6. The highest BCUT2D eigenvalue weighted by Gasteiger charge is 2.07. The van der Waals surface area contributed by atoms with E-state index in [0.717, 1.165) is 31.2 Å². The molecule has 0 aliphatic heterocycles. The van der Waals surface area contributed by atoms with Gasteiger partial charge in [0.25, 0.3) is 10.1 Å². The molecule has 0 aromatic heterocycles. The van der Waals surface area contributed by atoms with Crippen molar-refractivity contribution in [3.63, 3.8) is 0 Å². The second kappa shape index (κ2) is 6.90. The number of aryl methyl sites for hydroxylation is 3. The van der Waals surface area contributed by atoms with Crippen molar-refractivity contribution in [2.24, 2.45) is 0 Å². The quantitative estimate of drug-likeness (QED) is 0.775. The Hall–Kier alpha value is -0.870. The minimum Gasteiger partial charge on any atom is -0.286 e. The van der Waals surface area contributed by atoms with Gasteiger partial charge in [-0.05, 0) is 36.0 Å². The van der Waals surface area contributed by atoms with Crippen LogP contribution in [0.15, 0.2) is 18.2 Å². The molecule has 0 saturated carbocycles. The van der Waals surface area contributed by atoms with E-state index in [2.05, 4.69) is 19.9 Å². The molecule has 1 rings (SSSR count). The van der Waals surface area contributed by atoms with Gasteiger partial charge >= 0.3 is 0 Å². The Morgan fingerprint density at radius 1 is 0.889 bits per heavy atom. The third kappa shape index (κ3) is 5.65. The first-order valence-corrected chi connectivity index (χ1v) is 8.12. The number of benzene rings is 1. The van der Waals surface area contributed by atoms with Gasteiger partial charge in [-0.25, -0.2) is 0 Å². The molecule has 0 fully saturated rings. The van der Waals surface area contributed by atoms with Crippen molar-refractivity contribution in [2.75, 3.05) is 5.75 Å². The van der Waals surface area contributed by atoms with Gasteiger partial charge in [0, 0.05) is 0 Å². The van der Waals surface area contributed by atoms with E-state index in [1.807, 2.05) is 12.1 Å². The van der Waals surface area contributed by atoms with Crippen LogP contribution >= 0.6 is 0 Å². The van der Waals surface area contributed by atoms with E-state index in [1.54, 1.807) is 0 Å². The molecule has 0 heterocycles. The van der Waals surface area contributed by atoms with E-state index in [-0.39, 0.29) is 5.75 Å². The minimum atomic E-state index is -3.87. The van der Waals surface area contributed by atoms with Gasteiger partial charge < -0.3 is 0 Å². The zero-order valence-corrected chi connectivity index (χ0v) is 12.0. The monoisotopic (exact) mass is 270 g/mol. The fraction of sp³-hybridized carbons (Fsp3) is 0.571. The van der Waals surface area contributed by atoms with Crippen LogP contribution in [0.5, 0.6) is 0 Å². The van der Waals surface area contributed by atoms with E-state index in [9.17, 15) is 8.42 Å². The Morgan fingerprint density at radius 2 is 1.28 bits per heavy atom. The summed E-state index contributed by atoms with van der Waals surface area (Å²) in [6.45, 7) is 4.26. The van der Waals surface area contributed by atoms with E-state index in [4.69, 9.17) is 4.55 Å². The van der Waals surface area contributed by atoms with Gasteiger partial charge in [0.2, 0.25) is 0 Å². The topological polar surface area (TPSA) is 54.4 Å². The number of hydrogen-bond acceptors (Lipinski definition) is 2. The van der Waals surface area contributed by atoms with Crippen LogP contribution in [0, 0.1) is 0 Å². The van der Waals surface area contributed by atoms with Crippen molar-refractivity contribution >= 4 is 10.1 Å². The van der Waals surface area contributed by atoms with Gasteiger partial charge in [-0.1, -0.05) is 44.9 Å². The Kier molecular flexibility index (Phi) is 5.82. The molecule has 0 saturated heterocycles. The first-order chi connectivity index (χ1) is 8.44. The Labute approximate surface area is 110 Å². The summed E-state index contributed by atoms with van der Waals surface area (Å²) < 4.78 is 30.4. The summed E-state index contributed by atoms with van der Waals surface area (Å²) in [5, 5.41) is 0. The van der Waals surface area contributed by atoms with Crippen LogP contribution in [0.4, 0.5) is 0 Å². The summed E-state index contributed by atoms with van der Waals surface area (Å²) >= 11 is 0. The summed E-state index contributed by atoms with van der Waals surface area (Å²) in [6, 6.07) is 6.30. The fourth-order valence-electron chi connectivity index (χ4n) is 2.10. The van der Waals surface area contributed by atoms with Gasteiger partial charge in [-0.3, -0.25) is 4.55 Å². The number of hydrogen-bond donors (Lipinski definition) is 1. The van der Waals surface area contributed by atoms with E-state index in [0.29, 0.717) is 6.42 Å².